The highest BCUT2D eigenvalue weighted by atomic mass is 16.6. The Morgan fingerprint density at radius 3 is 2.42 bits per heavy atom. The number of aromatic nitrogens is 1. The number of para-hydroxylation sites is 1. The van der Waals surface area contributed by atoms with Crippen molar-refractivity contribution in [2.24, 2.45) is 11.8 Å². The van der Waals surface area contributed by atoms with E-state index in [4.69, 9.17) is 0 Å². The van der Waals surface area contributed by atoms with Crippen molar-refractivity contribution in [2.45, 2.75) is 33.7 Å². The molecule has 0 unspecified atom stereocenters. The number of aryl methyl sites for hydroxylation is 1. The fourth-order valence-electron chi connectivity index (χ4n) is 4.02. The fourth-order valence-corrected chi connectivity index (χ4v) is 4.02. The van der Waals surface area contributed by atoms with E-state index in [2.05, 4.69) is 13.8 Å². The van der Waals surface area contributed by atoms with Crippen LogP contribution in [0.2, 0.25) is 0 Å². The highest BCUT2D eigenvalue weighted by molar-refractivity contribution is 5.96. The van der Waals surface area contributed by atoms with Crippen molar-refractivity contribution in [3.63, 3.8) is 0 Å². The number of benzene rings is 1. The topological polar surface area (TPSA) is 68.4 Å². The molecule has 24 heavy (non-hydrogen) atoms. The third-order valence-corrected chi connectivity index (χ3v) is 4.81. The van der Waals surface area contributed by atoms with Crippen molar-refractivity contribution in [1.82, 2.24) is 4.57 Å². The summed E-state index contributed by atoms with van der Waals surface area (Å²) in [6, 6.07) is 7.49. The average molecular weight is 329 g/mol. The summed E-state index contributed by atoms with van der Waals surface area (Å²) in [7, 11) is 0. The first kappa shape index (κ1) is 16.5. The molecule has 0 amide bonds. The second kappa shape index (κ2) is 6.26. The van der Waals surface area contributed by atoms with E-state index in [0.29, 0.717) is 24.1 Å². The maximum absolute atomic E-state index is 12.8. The standard InChI is InChI=1S/C18H23N3O3/c1-4-20-15-8-6-5-7-14(15)16(17(18(20)22)21(23)24)19-10-12(2)9-13(3)11-19/h5-8,12-13H,4,9-11H2,1-3H3/t12-,13+. The minimum atomic E-state index is -0.514. The second-order valence-electron chi connectivity index (χ2n) is 6.87. The molecular weight excluding hydrogens is 306 g/mol. The smallest absolute Gasteiger partial charge is 0.357 e. The molecule has 6 heteroatoms. The Balaban J connectivity index is 2.35. The van der Waals surface area contributed by atoms with Gasteiger partial charge in [-0.25, -0.2) is 0 Å². The van der Waals surface area contributed by atoms with Gasteiger partial charge in [-0.2, -0.15) is 0 Å². The van der Waals surface area contributed by atoms with Crippen LogP contribution >= 0.6 is 0 Å². The molecule has 2 heterocycles. The Hall–Kier alpha value is -2.37. The molecule has 1 aliphatic rings. The van der Waals surface area contributed by atoms with E-state index in [1.54, 1.807) is 0 Å². The number of hydrogen-bond acceptors (Lipinski definition) is 4. The van der Waals surface area contributed by atoms with Crippen LogP contribution in [-0.2, 0) is 6.54 Å². The molecule has 1 fully saturated rings. The Labute approximate surface area is 140 Å². The first-order chi connectivity index (χ1) is 11.4. The number of nitro groups is 1. The van der Waals surface area contributed by atoms with Crippen LogP contribution in [0.1, 0.15) is 27.2 Å². The summed E-state index contributed by atoms with van der Waals surface area (Å²) in [5.41, 5.74) is 0.444. The van der Waals surface area contributed by atoms with Crippen LogP contribution < -0.4 is 10.5 Å². The highest BCUT2D eigenvalue weighted by Crippen LogP contribution is 2.36. The summed E-state index contributed by atoms with van der Waals surface area (Å²) in [5.74, 6) is 0.890. The quantitative estimate of drug-likeness (QED) is 0.639. The van der Waals surface area contributed by atoms with E-state index in [1.807, 2.05) is 36.1 Å². The third-order valence-electron chi connectivity index (χ3n) is 4.81. The molecule has 0 bridgehead atoms. The minimum Gasteiger partial charge on any atom is -0.365 e. The number of piperidine rings is 1. The highest BCUT2D eigenvalue weighted by Gasteiger charge is 2.32. The number of anilines is 1. The Morgan fingerprint density at radius 1 is 1.21 bits per heavy atom. The zero-order valence-corrected chi connectivity index (χ0v) is 14.4. The van der Waals surface area contributed by atoms with E-state index in [1.165, 1.54) is 4.57 Å². The van der Waals surface area contributed by atoms with Crippen LogP contribution in [-0.4, -0.2) is 22.6 Å². The first-order valence-corrected chi connectivity index (χ1v) is 8.48. The Morgan fingerprint density at radius 2 is 1.83 bits per heavy atom. The summed E-state index contributed by atoms with van der Waals surface area (Å²) in [4.78, 5) is 26.0. The van der Waals surface area contributed by atoms with Crippen molar-refractivity contribution in [2.75, 3.05) is 18.0 Å². The average Bonchev–Trinajstić information content (AvgIpc) is 2.52. The maximum Gasteiger partial charge on any atom is 0.357 e. The molecule has 0 aliphatic carbocycles. The van der Waals surface area contributed by atoms with Crippen LogP contribution in [0.25, 0.3) is 10.9 Å². The summed E-state index contributed by atoms with van der Waals surface area (Å²) < 4.78 is 1.49. The van der Waals surface area contributed by atoms with Gasteiger partial charge in [0.05, 0.1) is 10.4 Å². The molecule has 0 saturated carbocycles. The third kappa shape index (κ3) is 2.66. The SMILES string of the molecule is CCn1c(=O)c([N+](=O)[O-])c(N2C[C@H](C)C[C@H](C)C2)c2ccccc21. The Bertz CT molecular complexity index is 833. The predicted molar refractivity (Wildman–Crippen MR) is 95.7 cm³/mol. The van der Waals surface area contributed by atoms with Crippen molar-refractivity contribution in [3.05, 3.63) is 44.7 Å². The normalized spacial score (nSPS) is 21.2. The van der Waals surface area contributed by atoms with Gasteiger partial charge in [0.15, 0.2) is 0 Å². The van der Waals surface area contributed by atoms with Gasteiger partial charge in [-0.05, 0) is 31.2 Å². The molecule has 0 spiro atoms. The molecule has 0 N–H and O–H groups in total. The lowest BCUT2D eigenvalue weighted by Gasteiger charge is -2.36. The van der Waals surface area contributed by atoms with E-state index in [-0.39, 0.29) is 5.69 Å². The van der Waals surface area contributed by atoms with Gasteiger partial charge >= 0.3 is 11.2 Å². The van der Waals surface area contributed by atoms with Crippen LogP contribution in [0, 0.1) is 22.0 Å². The van der Waals surface area contributed by atoms with E-state index >= 15 is 0 Å². The van der Waals surface area contributed by atoms with E-state index < -0.39 is 10.5 Å². The van der Waals surface area contributed by atoms with Gasteiger partial charge in [-0.3, -0.25) is 14.9 Å². The number of rotatable bonds is 3. The molecule has 128 valence electrons. The second-order valence-corrected chi connectivity index (χ2v) is 6.87. The van der Waals surface area contributed by atoms with Gasteiger partial charge < -0.3 is 9.47 Å². The molecule has 6 nitrogen and oxygen atoms in total. The summed E-state index contributed by atoms with van der Waals surface area (Å²) >= 11 is 0. The number of hydrogen-bond donors (Lipinski definition) is 0. The van der Waals surface area contributed by atoms with Crippen molar-refractivity contribution < 1.29 is 4.92 Å². The van der Waals surface area contributed by atoms with Gasteiger partial charge in [-0.1, -0.05) is 32.0 Å². The summed E-state index contributed by atoms with van der Waals surface area (Å²) in [6.07, 6.45) is 1.11. The minimum absolute atomic E-state index is 0.295. The van der Waals surface area contributed by atoms with E-state index in [9.17, 15) is 14.9 Å². The van der Waals surface area contributed by atoms with Gasteiger partial charge in [0.25, 0.3) is 0 Å². The largest absolute Gasteiger partial charge is 0.365 e. The zero-order chi connectivity index (χ0) is 17.4. The van der Waals surface area contributed by atoms with E-state index in [0.717, 1.165) is 30.4 Å². The number of pyridine rings is 1. The first-order valence-electron chi connectivity index (χ1n) is 8.48. The predicted octanol–water partition coefficient (Wildman–Crippen LogP) is 3.41. The van der Waals surface area contributed by atoms with Crippen LogP contribution in [0.5, 0.6) is 0 Å². The zero-order valence-electron chi connectivity index (χ0n) is 14.4. The summed E-state index contributed by atoms with van der Waals surface area (Å²) in [6.45, 7) is 8.04. The molecule has 1 aliphatic heterocycles. The fraction of sp³-hybridized carbons (Fsp3) is 0.500. The van der Waals surface area contributed by atoms with Crippen molar-refractivity contribution in [3.8, 4) is 0 Å². The maximum atomic E-state index is 12.8. The molecule has 0 radical (unpaired) electrons. The Kier molecular flexibility index (Phi) is 4.30. The van der Waals surface area contributed by atoms with Crippen LogP contribution in [0.3, 0.4) is 0 Å². The lowest BCUT2D eigenvalue weighted by molar-refractivity contribution is -0.385. The number of fused-ring (bicyclic) bond motifs is 1. The van der Waals surface area contributed by atoms with Gasteiger partial charge in [-0.15, -0.1) is 0 Å². The lowest BCUT2D eigenvalue weighted by atomic mass is 9.91. The molecule has 1 saturated heterocycles. The molecule has 3 rings (SSSR count). The van der Waals surface area contributed by atoms with Crippen molar-refractivity contribution in [1.29, 1.82) is 0 Å². The lowest BCUT2D eigenvalue weighted by Crippen LogP contribution is -2.40. The van der Waals surface area contributed by atoms with Crippen molar-refractivity contribution >= 4 is 22.3 Å². The molecule has 1 aromatic heterocycles. The van der Waals surface area contributed by atoms with Crippen LogP contribution in [0.15, 0.2) is 29.1 Å². The molecule has 2 atom stereocenters. The molecule has 2 aromatic rings. The number of nitrogens with zero attached hydrogens (tertiary/aromatic N) is 3. The van der Waals surface area contributed by atoms with Gasteiger partial charge in [0.1, 0.15) is 5.69 Å². The molecular formula is C18H23N3O3. The summed E-state index contributed by atoms with van der Waals surface area (Å²) in [5, 5.41) is 12.5. The van der Waals surface area contributed by atoms with Gasteiger partial charge in [0, 0.05) is 25.0 Å². The molecule has 1 aromatic carbocycles. The monoisotopic (exact) mass is 329 g/mol. The van der Waals surface area contributed by atoms with Gasteiger partial charge in [0.2, 0.25) is 0 Å². The van der Waals surface area contributed by atoms with Crippen LogP contribution in [0.4, 0.5) is 11.4 Å².